The summed E-state index contributed by atoms with van der Waals surface area (Å²) in [6.45, 7) is 1.99. The third-order valence-electron chi connectivity index (χ3n) is 5.98. The number of rotatable bonds is 10. The number of hydrogen-bond donors (Lipinski definition) is 5. The number of aromatic nitrogens is 1. The first-order valence-electron chi connectivity index (χ1n) is 11.1. The summed E-state index contributed by atoms with van der Waals surface area (Å²) < 4.78 is 0. The first-order valence-corrected chi connectivity index (χ1v) is 11.9. The number of likely N-dealkylation sites (N-methyl/N-ethyl adjacent to an activating group) is 1. The highest BCUT2D eigenvalue weighted by atomic mass is 35.5. The first kappa shape index (κ1) is 25.7. The fourth-order valence-corrected chi connectivity index (χ4v) is 4.37. The molecule has 2 amide bonds. The number of aromatic amines is 1. The van der Waals surface area contributed by atoms with Crippen molar-refractivity contribution < 1.29 is 14.8 Å². The van der Waals surface area contributed by atoms with Crippen LogP contribution in [0.3, 0.4) is 0 Å². The summed E-state index contributed by atoms with van der Waals surface area (Å²) in [5.74, 6) is -1.59. The number of carbonyl (C=O) groups is 2. The van der Waals surface area contributed by atoms with Crippen molar-refractivity contribution in [2.75, 3.05) is 7.05 Å². The van der Waals surface area contributed by atoms with E-state index < -0.39 is 17.9 Å². The molecule has 1 heterocycles. The number of fused-ring (bicyclic) bond motifs is 1. The molecule has 0 radical (unpaired) electrons. The van der Waals surface area contributed by atoms with E-state index in [0.29, 0.717) is 22.9 Å². The molecule has 3 rings (SSSR count). The Morgan fingerprint density at radius 1 is 1.15 bits per heavy atom. The molecule has 0 aliphatic heterocycles. The van der Waals surface area contributed by atoms with Crippen LogP contribution < -0.4 is 16.1 Å². The number of benzene rings is 2. The van der Waals surface area contributed by atoms with Gasteiger partial charge in [-0.05, 0) is 41.7 Å². The molecule has 9 heteroatoms. The summed E-state index contributed by atoms with van der Waals surface area (Å²) in [6, 6.07) is 14.9. The zero-order valence-electron chi connectivity index (χ0n) is 19.1. The maximum Gasteiger partial charge on any atom is 0.244 e. The SMILES string of the molecule is CNC(=S)[C@H](Cc1c[nH]c2ccccc12)NC(=O)[C@@H](CC(=O)NO)CC(C)c1ccc(Cl)cc1. The van der Waals surface area contributed by atoms with E-state index in [9.17, 15) is 9.59 Å². The van der Waals surface area contributed by atoms with Crippen LogP contribution >= 0.6 is 23.8 Å². The predicted octanol–water partition coefficient (Wildman–Crippen LogP) is 4.10. The van der Waals surface area contributed by atoms with E-state index in [0.717, 1.165) is 22.0 Å². The molecule has 7 nitrogen and oxygen atoms in total. The molecule has 0 spiro atoms. The van der Waals surface area contributed by atoms with Gasteiger partial charge in [0.2, 0.25) is 11.8 Å². The summed E-state index contributed by atoms with van der Waals surface area (Å²) in [5, 5.41) is 16.7. The lowest BCUT2D eigenvalue weighted by molar-refractivity contribution is -0.135. The van der Waals surface area contributed by atoms with E-state index in [1.807, 2.05) is 49.5 Å². The molecule has 180 valence electrons. The summed E-state index contributed by atoms with van der Waals surface area (Å²) in [6.07, 6.45) is 2.67. The lowest BCUT2D eigenvalue weighted by atomic mass is 9.87. The van der Waals surface area contributed by atoms with Crippen LogP contribution in [0.4, 0.5) is 0 Å². The molecule has 1 unspecified atom stereocenters. The molecule has 1 aromatic heterocycles. The molecule has 0 bridgehead atoms. The van der Waals surface area contributed by atoms with E-state index in [-0.39, 0.29) is 18.2 Å². The summed E-state index contributed by atoms with van der Waals surface area (Å²) in [5.41, 5.74) is 4.68. The average Bonchev–Trinajstić information content (AvgIpc) is 3.25. The number of para-hydroxylation sites is 1. The standard InChI is InChI=1S/C25H29ClN4O3S/c1-15(16-7-9-19(26)10-8-16)11-17(13-23(31)30-33)24(32)29-22(25(34)27-2)12-18-14-28-21-6-4-3-5-20(18)21/h3-10,14-15,17,22,28,33H,11-13H2,1-2H3,(H,27,34)(H,29,32)(H,30,31)/t15?,17-,22+/m1/s1. The van der Waals surface area contributed by atoms with Crippen molar-refractivity contribution in [3.8, 4) is 0 Å². The highest BCUT2D eigenvalue weighted by Gasteiger charge is 2.28. The average molecular weight is 501 g/mol. The molecule has 0 fully saturated rings. The third-order valence-corrected chi connectivity index (χ3v) is 6.72. The van der Waals surface area contributed by atoms with Gasteiger partial charge in [-0.2, -0.15) is 0 Å². The van der Waals surface area contributed by atoms with Crippen molar-refractivity contribution in [3.05, 3.63) is 70.9 Å². The predicted molar refractivity (Wildman–Crippen MR) is 138 cm³/mol. The zero-order valence-corrected chi connectivity index (χ0v) is 20.7. The number of hydroxylamine groups is 1. The second kappa shape index (κ2) is 12.0. The van der Waals surface area contributed by atoms with Crippen LogP contribution in [0.2, 0.25) is 5.02 Å². The lowest BCUT2D eigenvalue weighted by Crippen LogP contribution is -2.48. The van der Waals surface area contributed by atoms with Crippen LogP contribution in [0.25, 0.3) is 10.9 Å². The van der Waals surface area contributed by atoms with E-state index in [1.54, 1.807) is 24.7 Å². The van der Waals surface area contributed by atoms with Crippen molar-refractivity contribution in [2.24, 2.45) is 5.92 Å². The second-order valence-electron chi connectivity index (χ2n) is 8.36. The van der Waals surface area contributed by atoms with Crippen LogP contribution in [0, 0.1) is 5.92 Å². The smallest absolute Gasteiger partial charge is 0.244 e. The summed E-state index contributed by atoms with van der Waals surface area (Å²) in [4.78, 5) is 29.1. The van der Waals surface area contributed by atoms with Gasteiger partial charge in [0.1, 0.15) is 0 Å². The van der Waals surface area contributed by atoms with Gasteiger partial charge in [-0.15, -0.1) is 0 Å². The second-order valence-corrected chi connectivity index (χ2v) is 9.24. The minimum absolute atomic E-state index is 0.0113. The molecule has 5 N–H and O–H groups in total. The highest BCUT2D eigenvalue weighted by molar-refractivity contribution is 7.80. The molecule has 2 aromatic carbocycles. The van der Waals surface area contributed by atoms with Gasteiger partial charge in [0.25, 0.3) is 0 Å². The van der Waals surface area contributed by atoms with E-state index in [4.69, 9.17) is 29.0 Å². The van der Waals surface area contributed by atoms with Crippen LogP contribution in [0.5, 0.6) is 0 Å². The number of halogens is 1. The molecule has 0 aliphatic carbocycles. The van der Waals surface area contributed by atoms with Crippen molar-refractivity contribution >= 4 is 51.5 Å². The normalized spacial score (nSPS) is 13.6. The maximum atomic E-state index is 13.3. The van der Waals surface area contributed by atoms with Crippen LogP contribution in [-0.4, -0.2) is 40.1 Å². The molecule has 3 aromatic rings. The van der Waals surface area contributed by atoms with Crippen LogP contribution in [-0.2, 0) is 16.0 Å². The van der Waals surface area contributed by atoms with Gasteiger partial charge >= 0.3 is 0 Å². The van der Waals surface area contributed by atoms with E-state index >= 15 is 0 Å². The Morgan fingerprint density at radius 3 is 2.53 bits per heavy atom. The Labute approximate surface area is 209 Å². The van der Waals surface area contributed by atoms with Gasteiger partial charge in [0, 0.05) is 47.9 Å². The Morgan fingerprint density at radius 2 is 1.85 bits per heavy atom. The monoisotopic (exact) mass is 500 g/mol. The lowest BCUT2D eigenvalue weighted by Gasteiger charge is -2.25. The van der Waals surface area contributed by atoms with E-state index in [1.165, 1.54) is 0 Å². The Hall–Kier alpha value is -2.94. The molecular formula is C25H29ClN4O3S. The zero-order chi connectivity index (χ0) is 24.7. The quantitative estimate of drug-likeness (QED) is 0.164. The fourth-order valence-electron chi connectivity index (χ4n) is 4.10. The number of amides is 2. The van der Waals surface area contributed by atoms with Gasteiger partial charge in [-0.1, -0.05) is 61.1 Å². The molecule has 0 saturated carbocycles. The van der Waals surface area contributed by atoms with Gasteiger partial charge in [0.15, 0.2) is 0 Å². The van der Waals surface area contributed by atoms with Crippen molar-refractivity contribution in [1.29, 1.82) is 0 Å². The van der Waals surface area contributed by atoms with Crippen LogP contribution in [0.1, 0.15) is 36.8 Å². The molecule has 3 atom stereocenters. The fraction of sp³-hybridized carbons (Fsp3) is 0.320. The van der Waals surface area contributed by atoms with Crippen molar-refractivity contribution in [1.82, 2.24) is 21.1 Å². The maximum absolute atomic E-state index is 13.3. The number of nitrogens with one attached hydrogen (secondary N) is 4. The Kier molecular flexibility index (Phi) is 9.04. The third kappa shape index (κ3) is 6.56. The van der Waals surface area contributed by atoms with Gasteiger partial charge in [-0.3, -0.25) is 14.8 Å². The number of thiocarbonyl (C=S) groups is 1. The highest BCUT2D eigenvalue weighted by Crippen LogP contribution is 2.27. The van der Waals surface area contributed by atoms with Gasteiger partial charge in [0.05, 0.1) is 11.0 Å². The van der Waals surface area contributed by atoms with Crippen LogP contribution in [0.15, 0.2) is 54.7 Å². The van der Waals surface area contributed by atoms with Gasteiger partial charge < -0.3 is 15.6 Å². The van der Waals surface area contributed by atoms with Crippen molar-refractivity contribution in [2.45, 2.75) is 38.1 Å². The number of carbonyl (C=O) groups excluding carboxylic acids is 2. The minimum Gasteiger partial charge on any atom is -0.381 e. The summed E-state index contributed by atoms with van der Waals surface area (Å²) in [7, 11) is 1.72. The molecule has 0 aliphatic rings. The Bertz CT molecular complexity index is 1150. The first-order chi connectivity index (χ1) is 16.3. The molecular weight excluding hydrogens is 472 g/mol. The number of hydrogen-bond acceptors (Lipinski definition) is 4. The minimum atomic E-state index is -0.664. The largest absolute Gasteiger partial charge is 0.381 e. The molecule has 34 heavy (non-hydrogen) atoms. The molecule has 0 saturated heterocycles. The van der Waals surface area contributed by atoms with Crippen molar-refractivity contribution in [3.63, 3.8) is 0 Å². The summed E-state index contributed by atoms with van der Waals surface area (Å²) >= 11 is 11.5. The topological polar surface area (TPSA) is 106 Å². The van der Waals surface area contributed by atoms with E-state index in [2.05, 4.69) is 15.6 Å². The Balaban J connectivity index is 1.78. The van der Waals surface area contributed by atoms with Gasteiger partial charge in [-0.25, -0.2) is 5.48 Å². The number of H-pyrrole nitrogens is 1.